The lowest BCUT2D eigenvalue weighted by molar-refractivity contribution is -0.153. The van der Waals surface area contributed by atoms with E-state index < -0.39 is 17.9 Å². The van der Waals surface area contributed by atoms with Crippen molar-refractivity contribution in [3.05, 3.63) is 12.7 Å². The van der Waals surface area contributed by atoms with E-state index in [-0.39, 0.29) is 12.3 Å². The van der Waals surface area contributed by atoms with Gasteiger partial charge in [0.2, 0.25) is 0 Å². The average Bonchev–Trinajstić information content (AvgIpc) is 2.37. The van der Waals surface area contributed by atoms with Crippen LogP contribution in [0.4, 0.5) is 0 Å². The smallest absolute Gasteiger partial charge is 0.307 e. The van der Waals surface area contributed by atoms with Gasteiger partial charge in [0.1, 0.15) is 0 Å². The van der Waals surface area contributed by atoms with Crippen molar-refractivity contribution in [1.82, 2.24) is 0 Å². The Balaban J connectivity index is 2.43. The van der Waals surface area contributed by atoms with Crippen LogP contribution in [0.25, 0.3) is 0 Å². The summed E-state index contributed by atoms with van der Waals surface area (Å²) in [7, 11) is 0. The van der Waals surface area contributed by atoms with Gasteiger partial charge in [-0.2, -0.15) is 0 Å². The maximum atomic E-state index is 11.6. The maximum absolute atomic E-state index is 11.6. The van der Waals surface area contributed by atoms with Crippen molar-refractivity contribution in [2.24, 2.45) is 11.8 Å². The van der Waals surface area contributed by atoms with Gasteiger partial charge in [0, 0.05) is 0 Å². The average molecular weight is 254 g/mol. The summed E-state index contributed by atoms with van der Waals surface area (Å²) in [6.07, 6.45) is 7.41. The normalized spacial score (nSPS) is 18.0. The van der Waals surface area contributed by atoms with Crippen molar-refractivity contribution >= 4 is 11.9 Å². The third-order valence-corrected chi connectivity index (χ3v) is 3.51. The summed E-state index contributed by atoms with van der Waals surface area (Å²) in [5.74, 6) is -1.73. The number of hydrogen-bond acceptors (Lipinski definition) is 3. The molecule has 0 bridgehead atoms. The van der Waals surface area contributed by atoms with E-state index in [1.54, 1.807) is 6.08 Å². The Bertz CT molecular complexity index is 292. The van der Waals surface area contributed by atoms with E-state index in [1.165, 1.54) is 6.42 Å². The van der Waals surface area contributed by atoms with Crippen molar-refractivity contribution in [3.8, 4) is 0 Å². The second-order valence-corrected chi connectivity index (χ2v) is 4.84. The molecule has 4 heteroatoms. The van der Waals surface area contributed by atoms with Crippen molar-refractivity contribution in [1.29, 1.82) is 0 Å². The fourth-order valence-electron chi connectivity index (χ4n) is 2.49. The molecule has 0 saturated heterocycles. The highest BCUT2D eigenvalue weighted by Crippen LogP contribution is 2.32. The first kappa shape index (κ1) is 14.7. The van der Waals surface area contributed by atoms with Gasteiger partial charge in [0.05, 0.1) is 18.9 Å². The molecule has 1 rings (SSSR count). The van der Waals surface area contributed by atoms with Crippen LogP contribution in [0.2, 0.25) is 0 Å². The molecule has 0 unspecified atom stereocenters. The minimum atomic E-state index is -0.873. The number of carbonyl (C=O) groups is 2. The molecule has 0 aromatic carbocycles. The van der Waals surface area contributed by atoms with Crippen LogP contribution >= 0.6 is 0 Å². The van der Waals surface area contributed by atoms with Crippen molar-refractivity contribution < 1.29 is 19.4 Å². The number of ether oxygens (including phenoxy) is 1. The second-order valence-electron chi connectivity index (χ2n) is 4.84. The van der Waals surface area contributed by atoms with Gasteiger partial charge < -0.3 is 9.84 Å². The van der Waals surface area contributed by atoms with Gasteiger partial charge in [-0.05, 0) is 25.2 Å². The van der Waals surface area contributed by atoms with Crippen LogP contribution in [0.15, 0.2) is 12.7 Å². The van der Waals surface area contributed by atoms with E-state index in [0.29, 0.717) is 13.0 Å². The van der Waals surface area contributed by atoms with Crippen LogP contribution in [-0.4, -0.2) is 23.7 Å². The zero-order valence-electron chi connectivity index (χ0n) is 10.8. The Morgan fingerprint density at radius 1 is 1.33 bits per heavy atom. The highest BCUT2D eigenvalue weighted by Gasteiger charge is 2.31. The number of esters is 1. The number of carboxylic acid groups (broad SMARTS) is 1. The summed E-state index contributed by atoms with van der Waals surface area (Å²) < 4.78 is 4.98. The van der Waals surface area contributed by atoms with Crippen LogP contribution in [0.3, 0.4) is 0 Å². The summed E-state index contributed by atoms with van der Waals surface area (Å²) >= 11 is 0. The van der Waals surface area contributed by atoms with Crippen LogP contribution < -0.4 is 0 Å². The molecule has 1 fully saturated rings. The van der Waals surface area contributed by atoms with E-state index in [4.69, 9.17) is 4.74 Å². The van der Waals surface area contributed by atoms with Gasteiger partial charge in [-0.15, -0.1) is 6.58 Å². The Hall–Kier alpha value is -1.32. The molecule has 0 aliphatic heterocycles. The fourth-order valence-corrected chi connectivity index (χ4v) is 2.49. The minimum absolute atomic E-state index is 0.00283. The Kier molecular flexibility index (Phi) is 6.47. The third kappa shape index (κ3) is 4.90. The number of carbonyl (C=O) groups excluding carboxylic acids is 1. The van der Waals surface area contributed by atoms with Gasteiger partial charge in [-0.1, -0.05) is 25.3 Å². The summed E-state index contributed by atoms with van der Waals surface area (Å²) in [6.45, 7) is 3.83. The fraction of sp³-hybridized carbons (Fsp3) is 0.714. The summed E-state index contributed by atoms with van der Waals surface area (Å²) in [5, 5.41) is 9.22. The van der Waals surface area contributed by atoms with Crippen molar-refractivity contribution in [2.75, 3.05) is 6.61 Å². The molecule has 0 aromatic heterocycles. The first-order valence-corrected chi connectivity index (χ1v) is 6.64. The van der Waals surface area contributed by atoms with Crippen LogP contribution in [0.5, 0.6) is 0 Å². The SMILES string of the molecule is C=CCCOC(=O)C[C@H](C(=O)O)C1CCCCC1. The molecule has 18 heavy (non-hydrogen) atoms. The number of rotatable bonds is 7. The lowest BCUT2D eigenvalue weighted by Gasteiger charge is -2.26. The zero-order valence-corrected chi connectivity index (χ0v) is 10.8. The largest absolute Gasteiger partial charge is 0.481 e. The first-order chi connectivity index (χ1) is 8.65. The first-order valence-electron chi connectivity index (χ1n) is 6.64. The monoisotopic (exact) mass is 254 g/mol. The molecule has 1 atom stereocenters. The standard InChI is InChI=1S/C14H22O4/c1-2-3-9-18-13(15)10-12(14(16)17)11-7-5-4-6-8-11/h2,11-12H,1,3-10H2,(H,16,17)/t12-/m0/s1. The van der Waals surface area contributed by atoms with Crippen molar-refractivity contribution in [3.63, 3.8) is 0 Å². The van der Waals surface area contributed by atoms with Gasteiger partial charge >= 0.3 is 11.9 Å². The van der Waals surface area contributed by atoms with Gasteiger partial charge in [-0.3, -0.25) is 9.59 Å². The summed E-state index contributed by atoms with van der Waals surface area (Å²) in [4.78, 5) is 22.8. The Labute approximate surface area is 108 Å². The van der Waals surface area contributed by atoms with Crippen LogP contribution in [0.1, 0.15) is 44.9 Å². The zero-order chi connectivity index (χ0) is 13.4. The molecule has 0 aromatic rings. The molecule has 1 aliphatic carbocycles. The predicted octanol–water partition coefficient (Wildman–Crippen LogP) is 2.78. The third-order valence-electron chi connectivity index (χ3n) is 3.51. The van der Waals surface area contributed by atoms with E-state index in [0.717, 1.165) is 25.7 Å². The van der Waals surface area contributed by atoms with E-state index in [2.05, 4.69) is 6.58 Å². The molecule has 0 radical (unpaired) electrons. The number of aliphatic carboxylic acids is 1. The molecule has 1 N–H and O–H groups in total. The molecule has 4 nitrogen and oxygen atoms in total. The van der Waals surface area contributed by atoms with E-state index >= 15 is 0 Å². The highest BCUT2D eigenvalue weighted by atomic mass is 16.5. The minimum Gasteiger partial charge on any atom is -0.481 e. The topological polar surface area (TPSA) is 63.6 Å². The van der Waals surface area contributed by atoms with Gasteiger partial charge in [0.15, 0.2) is 0 Å². The molecular weight excluding hydrogens is 232 g/mol. The summed E-state index contributed by atoms with van der Waals surface area (Å²) in [5.41, 5.74) is 0. The molecule has 102 valence electrons. The predicted molar refractivity (Wildman–Crippen MR) is 68.1 cm³/mol. The maximum Gasteiger partial charge on any atom is 0.307 e. The van der Waals surface area contributed by atoms with Gasteiger partial charge in [-0.25, -0.2) is 0 Å². The van der Waals surface area contributed by atoms with Crippen LogP contribution in [0, 0.1) is 11.8 Å². The molecule has 0 heterocycles. The second kappa shape index (κ2) is 7.90. The lowest BCUT2D eigenvalue weighted by atomic mass is 9.78. The van der Waals surface area contributed by atoms with E-state index in [1.807, 2.05) is 0 Å². The number of carboxylic acids is 1. The summed E-state index contributed by atoms with van der Waals surface area (Å²) in [6, 6.07) is 0. The van der Waals surface area contributed by atoms with Crippen LogP contribution in [-0.2, 0) is 14.3 Å². The quantitative estimate of drug-likeness (QED) is 0.431. The lowest BCUT2D eigenvalue weighted by Crippen LogP contribution is -2.28. The molecule has 0 spiro atoms. The Morgan fingerprint density at radius 2 is 2.00 bits per heavy atom. The molecule has 0 amide bonds. The molecule has 1 saturated carbocycles. The Morgan fingerprint density at radius 3 is 2.56 bits per heavy atom. The molecule has 1 aliphatic rings. The number of hydrogen-bond donors (Lipinski definition) is 1. The van der Waals surface area contributed by atoms with Gasteiger partial charge in [0.25, 0.3) is 0 Å². The van der Waals surface area contributed by atoms with E-state index in [9.17, 15) is 14.7 Å². The highest BCUT2D eigenvalue weighted by molar-refractivity contribution is 5.79. The molecular formula is C14H22O4. The van der Waals surface area contributed by atoms with Crippen molar-refractivity contribution in [2.45, 2.75) is 44.9 Å².